The van der Waals surface area contributed by atoms with Crippen molar-refractivity contribution in [3.63, 3.8) is 0 Å². The number of aryl methyl sites for hydroxylation is 2. The van der Waals surface area contributed by atoms with Crippen molar-refractivity contribution in [1.29, 1.82) is 0 Å². The molecule has 0 atom stereocenters. The molecule has 0 radical (unpaired) electrons. The maximum absolute atomic E-state index is 12.0. The number of furan rings is 1. The minimum Gasteiger partial charge on any atom is -0.482 e. The fourth-order valence-electron chi connectivity index (χ4n) is 1.76. The third-order valence-electron chi connectivity index (χ3n) is 2.92. The van der Waals surface area contributed by atoms with E-state index in [1.54, 1.807) is 30.3 Å². The molecule has 0 bridgehead atoms. The molecular weight excluding hydrogens is 256 g/mol. The molecule has 2 heterocycles. The van der Waals surface area contributed by atoms with E-state index in [4.69, 9.17) is 9.15 Å². The highest BCUT2D eigenvalue weighted by Gasteiger charge is 2.12. The molecule has 0 N–H and O–H groups in total. The van der Waals surface area contributed by atoms with Gasteiger partial charge in [-0.3, -0.25) is 9.78 Å². The molecule has 0 aliphatic carbocycles. The van der Waals surface area contributed by atoms with Crippen LogP contribution in [0, 0.1) is 13.8 Å². The first kappa shape index (κ1) is 14.1. The number of pyridine rings is 1. The van der Waals surface area contributed by atoms with Gasteiger partial charge in [0.2, 0.25) is 0 Å². The summed E-state index contributed by atoms with van der Waals surface area (Å²) in [7, 11) is 1.72. The summed E-state index contributed by atoms with van der Waals surface area (Å²) < 4.78 is 10.9. The first-order valence-electron chi connectivity index (χ1n) is 6.40. The number of carbonyl (C=O) groups excluding carboxylic acids is 1. The molecule has 2 aromatic heterocycles. The Morgan fingerprint density at radius 3 is 2.80 bits per heavy atom. The van der Waals surface area contributed by atoms with Gasteiger partial charge in [-0.2, -0.15) is 0 Å². The number of likely N-dealkylation sites (N-methyl/N-ethyl adjacent to an activating group) is 1. The second-order valence-corrected chi connectivity index (χ2v) is 4.64. The average molecular weight is 274 g/mol. The maximum Gasteiger partial charge on any atom is 0.260 e. The highest BCUT2D eigenvalue weighted by molar-refractivity contribution is 5.77. The predicted octanol–water partition coefficient (Wildman–Crippen LogP) is 2.33. The van der Waals surface area contributed by atoms with Crippen molar-refractivity contribution in [3.05, 3.63) is 47.7 Å². The van der Waals surface area contributed by atoms with E-state index >= 15 is 0 Å². The largest absolute Gasteiger partial charge is 0.482 e. The van der Waals surface area contributed by atoms with Crippen molar-refractivity contribution >= 4 is 5.91 Å². The summed E-state index contributed by atoms with van der Waals surface area (Å²) in [6.07, 6.45) is 1.69. The van der Waals surface area contributed by atoms with E-state index < -0.39 is 0 Å². The molecule has 5 heteroatoms. The van der Waals surface area contributed by atoms with E-state index in [0.717, 1.165) is 17.2 Å². The van der Waals surface area contributed by atoms with Crippen LogP contribution in [-0.2, 0) is 11.3 Å². The lowest BCUT2D eigenvalue weighted by molar-refractivity contribution is -0.132. The molecule has 0 spiro atoms. The molecule has 0 aromatic carbocycles. The molecule has 20 heavy (non-hydrogen) atoms. The Bertz CT molecular complexity index is 592. The zero-order valence-corrected chi connectivity index (χ0v) is 11.9. The number of carbonyl (C=O) groups is 1. The Morgan fingerprint density at radius 2 is 2.15 bits per heavy atom. The SMILES string of the molecule is Cc1ccc(CN(C)C(=O)COc2cccnc2C)o1. The topological polar surface area (TPSA) is 55.6 Å². The van der Waals surface area contributed by atoms with Crippen molar-refractivity contribution in [3.8, 4) is 5.75 Å². The Labute approximate surface area is 118 Å². The quantitative estimate of drug-likeness (QED) is 0.839. The lowest BCUT2D eigenvalue weighted by atomic mass is 10.3. The van der Waals surface area contributed by atoms with Gasteiger partial charge >= 0.3 is 0 Å². The van der Waals surface area contributed by atoms with Gasteiger partial charge in [-0.05, 0) is 38.1 Å². The van der Waals surface area contributed by atoms with E-state index in [2.05, 4.69) is 4.98 Å². The smallest absolute Gasteiger partial charge is 0.260 e. The average Bonchev–Trinajstić information content (AvgIpc) is 2.82. The van der Waals surface area contributed by atoms with Crippen molar-refractivity contribution in [2.75, 3.05) is 13.7 Å². The van der Waals surface area contributed by atoms with Crippen LogP contribution >= 0.6 is 0 Å². The summed E-state index contributed by atoms with van der Waals surface area (Å²) in [6, 6.07) is 7.32. The van der Waals surface area contributed by atoms with Gasteiger partial charge in [-0.25, -0.2) is 0 Å². The summed E-state index contributed by atoms with van der Waals surface area (Å²) in [4.78, 5) is 17.7. The summed E-state index contributed by atoms with van der Waals surface area (Å²) >= 11 is 0. The maximum atomic E-state index is 12.0. The molecule has 0 aliphatic rings. The molecule has 0 saturated carbocycles. The fraction of sp³-hybridized carbons (Fsp3) is 0.333. The molecule has 0 saturated heterocycles. The second-order valence-electron chi connectivity index (χ2n) is 4.64. The minimum atomic E-state index is -0.109. The Morgan fingerprint density at radius 1 is 1.35 bits per heavy atom. The van der Waals surface area contributed by atoms with E-state index in [-0.39, 0.29) is 12.5 Å². The lowest BCUT2D eigenvalue weighted by Crippen LogP contribution is -2.30. The van der Waals surface area contributed by atoms with Gasteiger partial charge in [0, 0.05) is 13.2 Å². The van der Waals surface area contributed by atoms with E-state index in [1.165, 1.54) is 0 Å². The van der Waals surface area contributed by atoms with E-state index in [0.29, 0.717) is 12.3 Å². The Kier molecular flexibility index (Phi) is 4.40. The van der Waals surface area contributed by atoms with Gasteiger partial charge in [0.1, 0.15) is 17.3 Å². The number of aromatic nitrogens is 1. The van der Waals surface area contributed by atoms with Crippen molar-refractivity contribution < 1.29 is 13.9 Å². The lowest BCUT2D eigenvalue weighted by Gasteiger charge is -2.16. The van der Waals surface area contributed by atoms with Crippen LogP contribution in [-0.4, -0.2) is 29.4 Å². The highest BCUT2D eigenvalue weighted by Crippen LogP contribution is 2.14. The Hall–Kier alpha value is -2.30. The molecule has 2 aromatic rings. The van der Waals surface area contributed by atoms with Gasteiger partial charge < -0.3 is 14.1 Å². The fourth-order valence-corrected chi connectivity index (χ4v) is 1.76. The van der Waals surface area contributed by atoms with Gasteiger partial charge in [0.25, 0.3) is 5.91 Å². The molecule has 0 fully saturated rings. The zero-order valence-electron chi connectivity index (χ0n) is 11.9. The number of amides is 1. The van der Waals surface area contributed by atoms with Crippen molar-refractivity contribution in [2.24, 2.45) is 0 Å². The first-order valence-corrected chi connectivity index (χ1v) is 6.40. The number of hydrogen-bond acceptors (Lipinski definition) is 4. The molecule has 0 unspecified atom stereocenters. The molecular formula is C15H18N2O3. The van der Waals surface area contributed by atoms with Gasteiger partial charge in [0.15, 0.2) is 6.61 Å². The first-order chi connectivity index (χ1) is 9.56. The van der Waals surface area contributed by atoms with Gasteiger partial charge in [-0.15, -0.1) is 0 Å². The van der Waals surface area contributed by atoms with Crippen LogP contribution in [0.1, 0.15) is 17.2 Å². The molecule has 5 nitrogen and oxygen atoms in total. The van der Waals surface area contributed by atoms with Crippen LogP contribution in [0.5, 0.6) is 5.75 Å². The Balaban J connectivity index is 1.87. The normalized spacial score (nSPS) is 10.3. The molecule has 0 aliphatic heterocycles. The molecule has 1 amide bonds. The minimum absolute atomic E-state index is 0.0112. The molecule has 2 rings (SSSR count). The van der Waals surface area contributed by atoms with Crippen LogP contribution in [0.2, 0.25) is 0 Å². The summed E-state index contributed by atoms with van der Waals surface area (Å²) in [5, 5.41) is 0. The van der Waals surface area contributed by atoms with Gasteiger partial charge in [-0.1, -0.05) is 0 Å². The number of nitrogens with zero attached hydrogens (tertiary/aromatic N) is 2. The van der Waals surface area contributed by atoms with Crippen LogP contribution < -0.4 is 4.74 Å². The van der Waals surface area contributed by atoms with Gasteiger partial charge in [0.05, 0.1) is 12.2 Å². The second kappa shape index (κ2) is 6.23. The van der Waals surface area contributed by atoms with Crippen LogP contribution in [0.4, 0.5) is 0 Å². The number of ether oxygens (including phenoxy) is 1. The summed E-state index contributed by atoms with van der Waals surface area (Å²) in [5.41, 5.74) is 0.768. The van der Waals surface area contributed by atoms with Crippen molar-refractivity contribution in [2.45, 2.75) is 20.4 Å². The number of rotatable bonds is 5. The highest BCUT2D eigenvalue weighted by atomic mass is 16.5. The van der Waals surface area contributed by atoms with Crippen LogP contribution in [0.15, 0.2) is 34.9 Å². The van der Waals surface area contributed by atoms with Crippen LogP contribution in [0.25, 0.3) is 0 Å². The van der Waals surface area contributed by atoms with Crippen LogP contribution in [0.3, 0.4) is 0 Å². The summed E-state index contributed by atoms with van der Waals surface area (Å²) in [6.45, 7) is 4.14. The third kappa shape index (κ3) is 3.60. The predicted molar refractivity (Wildman–Crippen MR) is 74.4 cm³/mol. The van der Waals surface area contributed by atoms with E-state index in [9.17, 15) is 4.79 Å². The standard InChI is InChI=1S/C15H18N2O3/c1-11-6-7-13(20-11)9-17(3)15(18)10-19-14-5-4-8-16-12(14)2/h4-8H,9-10H2,1-3H3. The molecule has 106 valence electrons. The van der Waals surface area contributed by atoms with Crippen molar-refractivity contribution in [1.82, 2.24) is 9.88 Å². The monoisotopic (exact) mass is 274 g/mol. The van der Waals surface area contributed by atoms with E-state index in [1.807, 2.05) is 26.0 Å². The summed E-state index contributed by atoms with van der Waals surface area (Å²) in [5.74, 6) is 2.12. The third-order valence-corrected chi connectivity index (χ3v) is 2.92. The number of hydrogen-bond donors (Lipinski definition) is 0. The zero-order chi connectivity index (χ0) is 14.5.